The number of piperazine rings is 2. The van der Waals surface area contributed by atoms with Crippen LogP contribution in [0.15, 0.2) is 24.3 Å². The Kier molecular flexibility index (Phi) is 10.8. The van der Waals surface area contributed by atoms with Crippen LogP contribution in [0.4, 0.5) is 14.4 Å². The van der Waals surface area contributed by atoms with Gasteiger partial charge in [-0.3, -0.25) is 10.2 Å². The normalized spacial score (nSPS) is 18.1. The van der Waals surface area contributed by atoms with Gasteiger partial charge in [-0.2, -0.15) is 0 Å². The minimum absolute atomic E-state index is 0.0123. The number of amidine groups is 1. The molecule has 13 heteroatoms. The van der Waals surface area contributed by atoms with Gasteiger partial charge in [-0.1, -0.05) is 24.3 Å². The molecule has 3 fully saturated rings. The van der Waals surface area contributed by atoms with E-state index in [-0.39, 0.29) is 30.9 Å². The Morgan fingerprint density at radius 3 is 1.95 bits per heavy atom. The summed E-state index contributed by atoms with van der Waals surface area (Å²) < 4.78 is 5.11. The van der Waals surface area contributed by atoms with Crippen LogP contribution in [-0.2, 0) is 16.1 Å². The lowest BCUT2D eigenvalue weighted by molar-refractivity contribution is -0.132. The van der Waals surface area contributed by atoms with E-state index in [1.165, 1.54) is 22.6 Å². The molecule has 3 heterocycles. The summed E-state index contributed by atoms with van der Waals surface area (Å²) in [6.45, 7) is 5.13. The topological polar surface area (TPSA) is 164 Å². The number of nitrogen functional groups attached to an aromatic ring is 1. The van der Waals surface area contributed by atoms with Crippen molar-refractivity contribution in [3.05, 3.63) is 35.4 Å². The molecule has 13 nitrogen and oxygen atoms in total. The monoisotopic (exact) mass is 570 g/mol. The minimum atomic E-state index is -0.725. The predicted octanol–water partition coefficient (Wildman–Crippen LogP) is 1.37. The zero-order valence-electron chi connectivity index (χ0n) is 23.6. The van der Waals surface area contributed by atoms with E-state index in [1.54, 1.807) is 34.1 Å². The second-order valence-electron chi connectivity index (χ2n) is 10.8. The summed E-state index contributed by atoms with van der Waals surface area (Å²) >= 11 is 0. The van der Waals surface area contributed by atoms with Crippen molar-refractivity contribution in [2.24, 2.45) is 11.7 Å². The average molecular weight is 571 g/mol. The largest absolute Gasteiger partial charge is 0.418 e. The maximum atomic E-state index is 12.6. The molecule has 41 heavy (non-hydrogen) atoms. The van der Waals surface area contributed by atoms with Gasteiger partial charge in [-0.05, 0) is 50.3 Å². The summed E-state index contributed by atoms with van der Waals surface area (Å²) in [7, 11) is 0. The van der Waals surface area contributed by atoms with Crippen molar-refractivity contribution in [2.75, 3.05) is 65.4 Å². The van der Waals surface area contributed by atoms with E-state index in [1.807, 2.05) is 0 Å². The Balaban J connectivity index is 1.10. The van der Waals surface area contributed by atoms with Gasteiger partial charge in [0.2, 0.25) is 5.91 Å². The summed E-state index contributed by atoms with van der Waals surface area (Å²) in [6, 6.07) is 6.82. The standard InChI is InChI=1S/C28H42N8O5/c29-25(30)23-6-4-22(5-7-23)20-32-26(38)34-14-18-36(19-15-34)28(40)41-27(39)35-16-12-33(13-17-35)24(37)3-1-2-21-8-10-31-11-9-21/h4-7,21,31H,1-3,8-20H2,(H3,29,30)(H,32,38). The molecule has 3 saturated heterocycles. The van der Waals surface area contributed by atoms with Gasteiger partial charge in [0, 0.05) is 70.9 Å². The molecule has 5 amide bonds. The molecule has 0 bridgehead atoms. The van der Waals surface area contributed by atoms with E-state index in [9.17, 15) is 19.2 Å². The van der Waals surface area contributed by atoms with Gasteiger partial charge >= 0.3 is 18.2 Å². The Morgan fingerprint density at radius 1 is 0.854 bits per heavy atom. The molecule has 0 aromatic heterocycles. The van der Waals surface area contributed by atoms with Crippen LogP contribution in [0.1, 0.15) is 43.2 Å². The number of amides is 5. The molecule has 0 atom stereocenters. The number of carbonyl (C=O) groups is 4. The lowest BCUT2D eigenvalue weighted by Gasteiger charge is -2.36. The number of ether oxygens (including phenoxy) is 1. The molecule has 0 unspecified atom stereocenters. The first-order valence-corrected chi connectivity index (χ1v) is 14.5. The second kappa shape index (κ2) is 14.7. The number of nitrogens with two attached hydrogens (primary N) is 1. The molecule has 4 rings (SSSR count). The Bertz CT molecular complexity index is 1080. The highest BCUT2D eigenvalue weighted by Gasteiger charge is 2.30. The summed E-state index contributed by atoms with van der Waals surface area (Å²) in [5, 5.41) is 13.7. The number of benzene rings is 1. The fourth-order valence-electron chi connectivity index (χ4n) is 5.40. The van der Waals surface area contributed by atoms with Gasteiger partial charge in [-0.15, -0.1) is 0 Å². The van der Waals surface area contributed by atoms with Crippen molar-refractivity contribution < 1.29 is 23.9 Å². The first-order valence-electron chi connectivity index (χ1n) is 14.5. The number of hydrogen-bond acceptors (Lipinski definition) is 7. The third-order valence-corrected chi connectivity index (χ3v) is 8.06. The van der Waals surface area contributed by atoms with Gasteiger partial charge in [0.05, 0.1) is 0 Å². The molecule has 224 valence electrons. The van der Waals surface area contributed by atoms with Gasteiger partial charge < -0.3 is 40.7 Å². The molecule has 0 spiro atoms. The van der Waals surface area contributed by atoms with Gasteiger partial charge in [0.15, 0.2) is 0 Å². The van der Waals surface area contributed by atoms with Crippen LogP contribution in [-0.4, -0.2) is 115 Å². The highest BCUT2D eigenvalue weighted by molar-refractivity contribution is 5.94. The molecular weight excluding hydrogens is 528 g/mol. The van der Waals surface area contributed by atoms with Crippen LogP contribution in [0.5, 0.6) is 0 Å². The average Bonchev–Trinajstić information content (AvgIpc) is 3.00. The molecule has 5 N–H and O–H groups in total. The molecule has 0 radical (unpaired) electrons. The number of hydrogen-bond donors (Lipinski definition) is 4. The number of piperidine rings is 1. The number of nitrogens with one attached hydrogen (secondary N) is 3. The van der Waals surface area contributed by atoms with Gasteiger partial charge in [-0.25, -0.2) is 14.4 Å². The van der Waals surface area contributed by atoms with Crippen molar-refractivity contribution in [3.8, 4) is 0 Å². The van der Waals surface area contributed by atoms with Crippen LogP contribution in [0.3, 0.4) is 0 Å². The number of carbonyl (C=O) groups excluding carboxylic acids is 4. The number of rotatable bonds is 7. The fourth-order valence-corrected chi connectivity index (χ4v) is 5.40. The van der Waals surface area contributed by atoms with Crippen molar-refractivity contribution in [2.45, 2.75) is 38.6 Å². The van der Waals surface area contributed by atoms with Crippen LogP contribution in [0.25, 0.3) is 0 Å². The third-order valence-electron chi connectivity index (χ3n) is 8.06. The Hall–Kier alpha value is -3.87. The first kappa shape index (κ1) is 30.1. The molecule has 1 aromatic carbocycles. The number of nitrogens with zero attached hydrogens (tertiary/aromatic N) is 4. The molecule has 0 aliphatic carbocycles. The maximum Gasteiger partial charge on any atom is 0.418 e. The van der Waals surface area contributed by atoms with Gasteiger partial charge in [0.1, 0.15) is 5.84 Å². The lowest BCUT2D eigenvalue weighted by Crippen LogP contribution is -2.54. The van der Waals surface area contributed by atoms with Crippen LogP contribution in [0.2, 0.25) is 0 Å². The Labute approximate surface area is 240 Å². The van der Waals surface area contributed by atoms with E-state index in [0.717, 1.165) is 31.5 Å². The predicted molar refractivity (Wildman–Crippen MR) is 152 cm³/mol. The smallest absolute Gasteiger partial charge is 0.384 e. The molecule has 3 aliphatic heterocycles. The lowest BCUT2D eigenvalue weighted by atomic mass is 9.92. The molecule has 1 aromatic rings. The minimum Gasteiger partial charge on any atom is -0.384 e. The van der Waals surface area contributed by atoms with Crippen molar-refractivity contribution in [1.29, 1.82) is 5.41 Å². The van der Waals surface area contributed by atoms with Crippen molar-refractivity contribution in [3.63, 3.8) is 0 Å². The van der Waals surface area contributed by atoms with Crippen LogP contribution < -0.4 is 16.4 Å². The van der Waals surface area contributed by atoms with E-state index >= 15 is 0 Å². The summed E-state index contributed by atoms with van der Waals surface area (Å²) in [6.07, 6.45) is 3.44. The second-order valence-corrected chi connectivity index (χ2v) is 10.8. The highest BCUT2D eigenvalue weighted by Crippen LogP contribution is 2.19. The molecule has 3 aliphatic rings. The van der Waals surface area contributed by atoms with Crippen molar-refractivity contribution in [1.82, 2.24) is 30.2 Å². The first-order chi connectivity index (χ1) is 19.8. The summed E-state index contributed by atoms with van der Waals surface area (Å²) in [5.41, 5.74) is 6.96. The third kappa shape index (κ3) is 8.81. The summed E-state index contributed by atoms with van der Waals surface area (Å²) in [5.74, 6) is 0.814. The fraction of sp³-hybridized carbons (Fsp3) is 0.607. The van der Waals surface area contributed by atoms with Crippen LogP contribution in [0, 0.1) is 11.3 Å². The van der Waals surface area contributed by atoms with Crippen molar-refractivity contribution >= 4 is 30.0 Å². The SMILES string of the molecule is N=C(N)c1ccc(CNC(=O)N2CCN(C(=O)OC(=O)N3CCN(C(=O)CCCC4CCNCC4)CC3)CC2)cc1. The molecular formula is C28H42N8O5. The number of urea groups is 1. The van der Waals surface area contributed by atoms with Gasteiger partial charge in [0.25, 0.3) is 0 Å². The highest BCUT2D eigenvalue weighted by atomic mass is 16.6. The zero-order valence-corrected chi connectivity index (χ0v) is 23.6. The van der Waals surface area contributed by atoms with E-state index in [4.69, 9.17) is 15.9 Å². The Morgan fingerprint density at radius 2 is 1.39 bits per heavy atom. The zero-order chi connectivity index (χ0) is 29.2. The van der Waals surface area contributed by atoms with E-state index in [0.29, 0.717) is 63.7 Å². The molecule has 0 saturated carbocycles. The van der Waals surface area contributed by atoms with E-state index in [2.05, 4.69) is 10.6 Å². The quantitative estimate of drug-likeness (QED) is 0.218. The maximum absolute atomic E-state index is 12.6. The van der Waals surface area contributed by atoms with Crippen LogP contribution >= 0.6 is 0 Å². The summed E-state index contributed by atoms with van der Waals surface area (Å²) in [4.78, 5) is 56.6. The van der Waals surface area contributed by atoms with E-state index < -0.39 is 12.2 Å².